The van der Waals surface area contributed by atoms with Crippen molar-refractivity contribution in [3.8, 4) is 0 Å². The van der Waals surface area contributed by atoms with Crippen LogP contribution >= 0.6 is 0 Å². The van der Waals surface area contributed by atoms with Crippen LogP contribution in [-0.2, 0) is 7.05 Å². The smallest absolute Gasteiger partial charge is 0.333 e. The standard InChI is InChI=1S/C11H19N5O2/c1-8-10(16(17)18)11(14(3)13-8)15-6-4-5-9(15)7-12-2/h9,12H,4-7H2,1-3H3. The highest BCUT2D eigenvalue weighted by molar-refractivity contribution is 5.62. The summed E-state index contributed by atoms with van der Waals surface area (Å²) in [4.78, 5) is 13.0. The molecule has 1 fully saturated rings. The summed E-state index contributed by atoms with van der Waals surface area (Å²) in [6.07, 6.45) is 2.12. The van der Waals surface area contributed by atoms with E-state index in [2.05, 4.69) is 15.3 Å². The van der Waals surface area contributed by atoms with Gasteiger partial charge >= 0.3 is 5.69 Å². The molecular weight excluding hydrogens is 234 g/mol. The van der Waals surface area contributed by atoms with Gasteiger partial charge < -0.3 is 10.2 Å². The lowest BCUT2D eigenvalue weighted by Gasteiger charge is -2.25. The van der Waals surface area contributed by atoms with Crippen molar-refractivity contribution in [1.29, 1.82) is 0 Å². The molecule has 1 aliphatic rings. The molecule has 0 bridgehead atoms. The normalized spacial score (nSPS) is 19.5. The summed E-state index contributed by atoms with van der Waals surface area (Å²) >= 11 is 0. The van der Waals surface area contributed by atoms with Gasteiger partial charge in [0.2, 0.25) is 5.82 Å². The summed E-state index contributed by atoms with van der Waals surface area (Å²) < 4.78 is 1.63. The van der Waals surface area contributed by atoms with Crippen LogP contribution in [-0.4, -0.2) is 40.9 Å². The van der Waals surface area contributed by atoms with E-state index in [9.17, 15) is 10.1 Å². The largest absolute Gasteiger partial charge is 0.347 e. The summed E-state index contributed by atoms with van der Waals surface area (Å²) in [6.45, 7) is 3.37. The van der Waals surface area contributed by atoms with E-state index in [1.807, 2.05) is 7.05 Å². The van der Waals surface area contributed by atoms with Crippen molar-refractivity contribution >= 4 is 11.5 Å². The molecule has 7 heteroatoms. The molecule has 100 valence electrons. The zero-order chi connectivity index (χ0) is 13.3. The Labute approximate surface area is 106 Å². The van der Waals surface area contributed by atoms with Crippen molar-refractivity contribution in [1.82, 2.24) is 15.1 Å². The van der Waals surface area contributed by atoms with E-state index in [1.165, 1.54) is 0 Å². The van der Waals surface area contributed by atoms with Gasteiger partial charge in [0.15, 0.2) is 0 Å². The second-order valence-electron chi connectivity index (χ2n) is 4.69. The summed E-state index contributed by atoms with van der Waals surface area (Å²) in [5.74, 6) is 0.634. The average Bonchev–Trinajstić information content (AvgIpc) is 2.83. The first-order chi connectivity index (χ1) is 8.56. The van der Waals surface area contributed by atoms with E-state index in [-0.39, 0.29) is 10.6 Å². The highest BCUT2D eigenvalue weighted by Gasteiger charge is 2.34. The van der Waals surface area contributed by atoms with E-state index in [1.54, 1.807) is 18.7 Å². The maximum atomic E-state index is 11.2. The van der Waals surface area contributed by atoms with Crippen molar-refractivity contribution in [2.24, 2.45) is 7.05 Å². The van der Waals surface area contributed by atoms with Crippen LogP contribution in [0.4, 0.5) is 11.5 Å². The quantitative estimate of drug-likeness (QED) is 0.635. The molecule has 0 radical (unpaired) electrons. The van der Waals surface area contributed by atoms with Gasteiger partial charge in [0, 0.05) is 26.2 Å². The average molecular weight is 253 g/mol. The van der Waals surface area contributed by atoms with Crippen molar-refractivity contribution < 1.29 is 4.92 Å². The molecule has 1 N–H and O–H groups in total. The predicted molar refractivity (Wildman–Crippen MR) is 68.9 cm³/mol. The number of nitrogens with zero attached hydrogens (tertiary/aromatic N) is 4. The van der Waals surface area contributed by atoms with E-state index in [4.69, 9.17) is 0 Å². The Morgan fingerprint density at radius 2 is 2.33 bits per heavy atom. The zero-order valence-corrected chi connectivity index (χ0v) is 11.0. The highest BCUT2D eigenvalue weighted by atomic mass is 16.6. The fourth-order valence-electron chi connectivity index (χ4n) is 2.73. The molecule has 1 atom stereocenters. The molecule has 0 aromatic carbocycles. The van der Waals surface area contributed by atoms with Crippen molar-refractivity contribution in [2.75, 3.05) is 25.0 Å². The number of aryl methyl sites for hydroxylation is 2. The van der Waals surface area contributed by atoms with Crippen LogP contribution in [0.2, 0.25) is 0 Å². The van der Waals surface area contributed by atoms with Crippen LogP contribution in [0.5, 0.6) is 0 Å². The fraction of sp³-hybridized carbons (Fsp3) is 0.727. The third-order valence-corrected chi connectivity index (χ3v) is 3.43. The maximum absolute atomic E-state index is 11.2. The number of aromatic nitrogens is 2. The lowest BCUT2D eigenvalue weighted by atomic mass is 10.2. The number of hydrogen-bond acceptors (Lipinski definition) is 5. The molecule has 1 aromatic rings. The minimum absolute atomic E-state index is 0.139. The van der Waals surface area contributed by atoms with Crippen molar-refractivity contribution in [3.63, 3.8) is 0 Å². The minimum atomic E-state index is -0.327. The van der Waals surface area contributed by atoms with Crippen LogP contribution in [0, 0.1) is 17.0 Å². The highest BCUT2D eigenvalue weighted by Crippen LogP contribution is 2.35. The molecule has 1 unspecified atom stereocenters. The Morgan fingerprint density at radius 1 is 1.61 bits per heavy atom. The second-order valence-corrected chi connectivity index (χ2v) is 4.69. The van der Waals surface area contributed by atoms with Crippen LogP contribution in [0.25, 0.3) is 0 Å². The molecule has 0 saturated carbocycles. The van der Waals surface area contributed by atoms with Gasteiger partial charge in [-0.05, 0) is 26.8 Å². The van der Waals surface area contributed by atoms with E-state index in [0.29, 0.717) is 17.6 Å². The van der Waals surface area contributed by atoms with Gasteiger partial charge in [-0.25, -0.2) is 4.68 Å². The van der Waals surface area contributed by atoms with Crippen LogP contribution < -0.4 is 10.2 Å². The topological polar surface area (TPSA) is 76.2 Å². The molecule has 0 aliphatic carbocycles. The zero-order valence-electron chi connectivity index (χ0n) is 11.0. The Morgan fingerprint density at radius 3 is 2.94 bits per heavy atom. The molecule has 2 heterocycles. The summed E-state index contributed by atoms with van der Waals surface area (Å²) in [6, 6.07) is 0.309. The van der Waals surface area contributed by atoms with Gasteiger partial charge in [0.1, 0.15) is 5.69 Å². The van der Waals surface area contributed by atoms with Crippen LogP contribution in [0.1, 0.15) is 18.5 Å². The molecule has 1 saturated heterocycles. The van der Waals surface area contributed by atoms with Gasteiger partial charge in [0.25, 0.3) is 0 Å². The summed E-state index contributed by atoms with van der Waals surface area (Å²) in [5.41, 5.74) is 0.619. The summed E-state index contributed by atoms with van der Waals surface area (Å²) in [5, 5.41) is 18.5. The Hall–Kier alpha value is -1.63. The lowest BCUT2D eigenvalue weighted by molar-refractivity contribution is -0.384. The maximum Gasteiger partial charge on any atom is 0.333 e. The number of anilines is 1. The van der Waals surface area contributed by atoms with Crippen LogP contribution in [0.15, 0.2) is 0 Å². The molecule has 0 amide bonds. The molecule has 0 spiro atoms. The second kappa shape index (κ2) is 4.93. The summed E-state index contributed by atoms with van der Waals surface area (Å²) in [7, 11) is 3.67. The molecule has 18 heavy (non-hydrogen) atoms. The van der Waals surface area contributed by atoms with Gasteiger partial charge in [-0.3, -0.25) is 10.1 Å². The number of hydrogen-bond donors (Lipinski definition) is 1. The Bertz CT molecular complexity index is 457. The lowest BCUT2D eigenvalue weighted by Crippen LogP contribution is -2.38. The monoisotopic (exact) mass is 253 g/mol. The van der Waals surface area contributed by atoms with Crippen LogP contribution in [0.3, 0.4) is 0 Å². The molecule has 2 rings (SSSR count). The molecule has 1 aromatic heterocycles. The third kappa shape index (κ3) is 2.05. The molecule has 7 nitrogen and oxygen atoms in total. The van der Waals surface area contributed by atoms with Gasteiger partial charge in [-0.2, -0.15) is 5.10 Å². The third-order valence-electron chi connectivity index (χ3n) is 3.43. The number of nitrogens with one attached hydrogen (secondary N) is 1. The number of nitro groups is 1. The molecule has 1 aliphatic heterocycles. The van der Waals surface area contributed by atoms with Gasteiger partial charge in [0.05, 0.1) is 4.92 Å². The number of rotatable bonds is 4. The minimum Gasteiger partial charge on any atom is -0.347 e. The molecular formula is C11H19N5O2. The van der Waals surface area contributed by atoms with E-state index < -0.39 is 0 Å². The van der Waals surface area contributed by atoms with E-state index in [0.717, 1.165) is 25.9 Å². The first kappa shape index (κ1) is 12.8. The fourth-order valence-corrected chi connectivity index (χ4v) is 2.73. The Kier molecular flexibility index (Phi) is 3.51. The first-order valence-electron chi connectivity index (χ1n) is 6.15. The van der Waals surface area contributed by atoms with Crippen molar-refractivity contribution in [3.05, 3.63) is 15.8 Å². The first-order valence-corrected chi connectivity index (χ1v) is 6.15. The van der Waals surface area contributed by atoms with Crippen molar-refractivity contribution in [2.45, 2.75) is 25.8 Å². The van der Waals surface area contributed by atoms with E-state index >= 15 is 0 Å². The SMILES string of the molecule is CNCC1CCCN1c1c([N+](=O)[O-])c(C)nn1C. The number of likely N-dealkylation sites (N-methyl/N-ethyl adjacent to an activating group) is 1. The predicted octanol–water partition coefficient (Wildman–Crippen LogP) is 0.825. The Balaban J connectivity index is 2.40. The van der Waals surface area contributed by atoms with Gasteiger partial charge in [-0.15, -0.1) is 0 Å². The van der Waals surface area contributed by atoms with Gasteiger partial charge in [-0.1, -0.05) is 0 Å².